The molecule has 5 heteroatoms. The Kier molecular flexibility index (Phi) is 13.4. The zero-order valence-corrected chi connectivity index (χ0v) is 9.06. The summed E-state index contributed by atoms with van der Waals surface area (Å²) in [5.41, 5.74) is 0. The lowest BCUT2D eigenvalue weighted by Crippen LogP contribution is -2.32. The van der Waals surface area contributed by atoms with Gasteiger partial charge in [0.25, 0.3) is 0 Å². The first-order chi connectivity index (χ1) is 5.81. The predicted octanol–water partition coefficient (Wildman–Crippen LogP) is 1.13. The summed E-state index contributed by atoms with van der Waals surface area (Å²) in [6, 6.07) is 1.89. The minimum Gasteiger partial charge on any atom is -0.379 e. The quantitative estimate of drug-likeness (QED) is 0.656. The smallest absolute Gasteiger partial charge is 0.0861 e. The van der Waals surface area contributed by atoms with E-state index in [1.807, 2.05) is 12.9 Å². The zero-order valence-electron chi connectivity index (χ0n) is 8.25. The molecule has 0 bridgehead atoms. The van der Waals surface area contributed by atoms with Crippen molar-refractivity contribution in [3.05, 3.63) is 0 Å². The summed E-state index contributed by atoms with van der Waals surface area (Å²) in [6.07, 6.45) is 0. The van der Waals surface area contributed by atoms with Crippen molar-refractivity contribution in [1.82, 2.24) is 4.90 Å². The molecule has 0 aliphatic carbocycles. The number of likely N-dealkylation sites (N-methyl/N-ethyl adjacent to an activating group) is 1. The van der Waals surface area contributed by atoms with E-state index >= 15 is 0 Å². The Morgan fingerprint density at radius 1 is 1.46 bits per heavy atom. The Hall–Kier alpha value is -0.410. The Balaban J connectivity index is 0. The van der Waals surface area contributed by atoms with Gasteiger partial charge in [0, 0.05) is 19.6 Å². The molecule has 0 saturated carbocycles. The third-order valence-corrected chi connectivity index (χ3v) is 1.47. The van der Waals surface area contributed by atoms with Crippen LogP contribution in [0, 0.1) is 5.41 Å². The summed E-state index contributed by atoms with van der Waals surface area (Å²) >= 11 is 0. The molecule has 1 fully saturated rings. The van der Waals surface area contributed by atoms with Crippen LogP contribution >= 0.6 is 12.4 Å². The molecular formula is C8H18ClN3O. The topological polar surface area (TPSA) is 48.7 Å². The van der Waals surface area contributed by atoms with Gasteiger partial charge in [-0.25, -0.2) is 10.4 Å². The molecule has 0 aromatic carbocycles. The monoisotopic (exact) mass is 207 g/mol. The maximum atomic E-state index is 6.19. The van der Waals surface area contributed by atoms with Crippen molar-refractivity contribution in [2.75, 3.05) is 39.9 Å². The fraction of sp³-hybridized carbons (Fsp3) is 0.875. The molecule has 78 valence electrons. The van der Waals surface area contributed by atoms with Gasteiger partial charge in [0.2, 0.25) is 0 Å². The molecule has 0 aromatic rings. The van der Waals surface area contributed by atoms with E-state index in [0.29, 0.717) is 6.54 Å². The van der Waals surface area contributed by atoms with Gasteiger partial charge in [-0.05, 0) is 14.0 Å². The molecule has 4 nitrogen and oxygen atoms in total. The molecule has 13 heavy (non-hydrogen) atoms. The first kappa shape index (κ1) is 15.1. The highest BCUT2D eigenvalue weighted by Gasteiger charge is 2.02. The molecule has 1 aliphatic heterocycles. The SMILES string of the molecule is CCN=C=N.CN1CCOCC1.Cl. The van der Waals surface area contributed by atoms with E-state index in [-0.39, 0.29) is 12.4 Å². The summed E-state index contributed by atoms with van der Waals surface area (Å²) < 4.78 is 5.10. The summed E-state index contributed by atoms with van der Waals surface area (Å²) in [5, 5.41) is 6.19. The van der Waals surface area contributed by atoms with Crippen LogP contribution in [0.25, 0.3) is 0 Å². The lowest BCUT2D eigenvalue weighted by atomic mass is 10.5. The number of hydrogen-bond acceptors (Lipinski definition) is 4. The van der Waals surface area contributed by atoms with E-state index in [2.05, 4.69) is 16.9 Å². The van der Waals surface area contributed by atoms with Gasteiger partial charge in [0.05, 0.1) is 19.2 Å². The Labute approximate surface area is 85.9 Å². The molecule has 1 rings (SSSR count). The van der Waals surface area contributed by atoms with Gasteiger partial charge >= 0.3 is 0 Å². The number of morpholine rings is 1. The molecule has 1 N–H and O–H groups in total. The van der Waals surface area contributed by atoms with E-state index < -0.39 is 0 Å². The Morgan fingerprint density at radius 3 is 2.15 bits per heavy atom. The number of nitrogens with one attached hydrogen (secondary N) is 1. The predicted molar refractivity (Wildman–Crippen MR) is 56.3 cm³/mol. The maximum Gasteiger partial charge on any atom is 0.0861 e. The van der Waals surface area contributed by atoms with Crippen LogP contribution in [0.2, 0.25) is 0 Å². The number of aliphatic imine (C=N–C) groups is 1. The summed E-state index contributed by atoms with van der Waals surface area (Å²) in [5.74, 6) is 0. The van der Waals surface area contributed by atoms with Gasteiger partial charge in [-0.3, -0.25) is 0 Å². The van der Waals surface area contributed by atoms with Gasteiger partial charge in [-0.1, -0.05) is 0 Å². The number of rotatable bonds is 1. The van der Waals surface area contributed by atoms with Crippen LogP contribution < -0.4 is 0 Å². The van der Waals surface area contributed by atoms with E-state index in [4.69, 9.17) is 10.1 Å². The first-order valence-corrected chi connectivity index (χ1v) is 4.15. The third-order valence-electron chi connectivity index (χ3n) is 1.47. The van der Waals surface area contributed by atoms with Gasteiger partial charge in [-0.2, -0.15) is 0 Å². The zero-order chi connectivity index (χ0) is 9.23. The molecule has 0 aromatic heterocycles. The van der Waals surface area contributed by atoms with E-state index in [1.165, 1.54) is 0 Å². The fourth-order valence-electron chi connectivity index (χ4n) is 0.734. The molecule has 0 unspecified atom stereocenters. The van der Waals surface area contributed by atoms with Crippen molar-refractivity contribution in [3.63, 3.8) is 0 Å². The number of nitrogens with zero attached hydrogens (tertiary/aromatic N) is 2. The average molecular weight is 208 g/mol. The number of ether oxygens (including phenoxy) is 1. The van der Waals surface area contributed by atoms with Crippen LogP contribution in [-0.4, -0.2) is 50.8 Å². The first-order valence-electron chi connectivity index (χ1n) is 4.15. The van der Waals surface area contributed by atoms with E-state index in [0.717, 1.165) is 26.3 Å². The van der Waals surface area contributed by atoms with E-state index in [1.54, 1.807) is 0 Å². The molecule has 0 amide bonds. The average Bonchev–Trinajstić information content (AvgIpc) is 2.08. The second kappa shape index (κ2) is 11.6. The van der Waals surface area contributed by atoms with Crippen molar-refractivity contribution in [1.29, 1.82) is 5.41 Å². The molecule has 1 heterocycles. The molecule has 0 atom stereocenters. The van der Waals surface area contributed by atoms with Crippen molar-refractivity contribution in [2.24, 2.45) is 4.99 Å². The summed E-state index contributed by atoms with van der Waals surface area (Å²) in [4.78, 5) is 5.66. The summed E-state index contributed by atoms with van der Waals surface area (Å²) in [6.45, 7) is 6.55. The van der Waals surface area contributed by atoms with Crippen molar-refractivity contribution >= 4 is 18.4 Å². The number of hydrogen-bond donors (Lipinski definition) is 1. The lowest BCUT2D eigenvalue weighted by molar-refractivity contribution is 0.0503. The molecule has 0 radical (unpaired) electrons. The fourth-order valence-corrected chi connectivity index (χ4v) is 0.734. The van der Waals surface area contributed by atoms with Crippen molar-refractivity contribution in [3.8, 4) is 0 Å². The van der Waals surface area contributed by atoms with Crippen LogP contribution in [0.5, 0.6) is 0 Å². The minimum atomic E-state index is 0. The van der Waals surface area contributed by atoms with Crippen molar-refractivity contribution in [2.45, 2.75) is 6.92 Å². The minimum absolute atomic E-state index is 0. The van der Waals surface area contributed by atoms with Crippen LogP contribution in [0.4, 0.5) is 0 Å². The Morgan fingerprint density at radius 2 is 2.00 bits per heavy atom. The molecule has 1 aliphatic rings. The van der Waals surface area contributed by atoms with E-state index in [9.17, 15) is 0 Å². The second-order valence-electron chi connectivity index (χ2n) is 2.50. The highest BCUT2D eigenvalue weighted by atomic mass is 35.5. The Bertz CT molecular complexity index is 142. The normalized spacial score (nSPS) is 15.8. The molecule has 1 saturated heterocycles. The lowest BCUT2D eigenvalue weighted by Gasteiger charge is -2.21. The molecular weight excluding hydrogens is 190 g/mol. The van der Waals surface area contributed by atoms with Gasteiger partial charge in [-0.15, -0.1) is 12.4 Å². The maximum absolute atomic E-state index is 6.19. The standard InChI is InChI=1S/C5H11NO.C3H6N2.ClH/c1-6-2-4-7-5-3-6;1-2-5-3-4;/h2-5H2,1H3;4H,2H2,1H3;1H. The van der Waals surface area contributed by atoms with Crippen LogP contribution in [-0.2, 0) is 4.74 Å². The van der Waals surface area contributed by atoms with Crippen LogP contribution in [0.15, 0.2) is 4.99 Å². The van der Waals surface area contributed by atoms with Crippen molar-refractivity contribution < 1.29 is 4.74 Å². The van der Waals surface area contributed by atoms with Gasteiger partial charge in [0.15, 0.2) is 0 Å². The van der Waals surface area contributed by atoms with Gasteiger partial charge in [0.1, 0.15) is 0 Å². The summed E-state index contributed by atoms with van der Waals surface area (Å²) in [7, 11) is 2.11. The molecule has 0 spiro atoms. The van der Waals surface area contributed by atoms with Crippen LogP contribution in [0.3, 0.4) is 0 Å². The largest absolute Gasteiger partial charge is 0.379 e. The highest BCUT2D eigenvalue weighted by molar-refractivity contribution is 5.85. The third kappa shape index (κ3) is 11.6. The highest BCUT2D eigenvalue weighted by Crippen LogP contribution is 1.89. The van der Waals surface area contributed by atoms with Gasteiger partial charge < -0.3 is 9.64 Å². The number of halogens is 1. The van der Waals surface area contributed by atoms with Crippen LogP contribution in [0.1, 0.15) is 6.92 Å². The second-order valence-corrected chi connectivity index (χ2v) is 2.50.